The van der Waals surface area contributed by atoms with E-state index in [1.54, 1.807) is 6.07 Å². The summed E-state index contributed by atoms with van der Waals surface area (Å²) in [6, 6.07) is 5.64. The van der Waals surface area contributed by atoms with Crippen LogP contribution in [0.25, 0.3) is 0 Å². The molecule has 2 nitrogen and oxygen atoms in total. The number of benzene rings is 1. The number of fused-ring (bicyclic) bond motifs is 1. The van der Waals surface area contributed by atoms with E-state index in [4.69, 9.17) is 5.73 Å². The van der Waals surface area contributed by atoms with Crippen molar-refractivity contribution in [3.8, 4) is 0 Å². The number of carbonyl (C=O) groups is 1. The van der Waals surface area contributed by atoms with Gasteiger partial charge < -0.3 is 5.73 Å². The van der Waals surface area contributed by atoms with Crippen LogP contribution in [0.5, 0.6) is 0 Å². The lowest BCUT2D eigenvalue weighted by Crippen LogP contribution is -1.97. The van der Waals surface area contributed by atoms with Gasteiger partial charge in [-0.1, -0.05) is 12.1 Å². The first-order valence-corrected chi connectivity index (χ1v) is 3.69. The van der Waals surface area contributed by atoms with Gasteiger partial charge in [-0.2, -0.15) is 0 Å². The van der Waals surface area contributed by atoms with Crippen LogP contribution in [0.15, 0.2) is 18.2 Å². The number of hydrogen-bond donors (Lipinski definition) is 1. The Kier molecular flexibility index (Phi) is 1.22. The second-order valence-electron chi connectivity index (χ2n) is 2.80. The van der Waals surface area contributed by atoms with Crippen molar-refractivity contribution >= 4 is 11.5 Å². The van der Waals surface area contributed by atoms with E-state index >= 15 is 0 Å². The molecular weight excluding hydrogens is 138 g/mol. The van der Waals surface area contributed by atoms with E-state index in [2.05, 4.69) is 0 Å². The van der Waals surface area contributed by atoms with Crippen LogP contribution in [0.3, 0.4) is 0 Å². The van der Waals surface area contributed by atoms with Crippen molar-refractivity contribution in [1.82, 2.24) is 0 Å². The molecule has 0 heterocycles. The van der Waals surface area contributed by atoms with Crippen molar-refractivity contribution in [3.63, 3.8) is 0 Å². The van der Waals surface area contributed by atoms with E-state index in [1.807, 2.05) is 12.1 Å². The van der Waals surface area contributed by atoms with Gasteiger partial charge >= 0.3 is 0 Å². The number of aryl methyl sites for hydroxylation is 1. The highest BCUT2D eigenvalue weighted by atomic mass is 16.1. The van der Waals surface area contributed by atoms with Crippen LogP contribution in [0, 0.1) is 0 Å². The average molecular weight is 147 g/mol. The summed E-state index contributed by atoms with van der Waals surface area (Å²) in [4.78, 5) is 11.2. The van der Waals surface area contributed by atoms with E-state index in [-0.39, 0.29) is 5.78 Å². The van der Waals surface area contributed by atoms with Crippen LogP contribution >= 0.6 is 0 Å². The third-order valence-electron chi connectivity index (χ3n) is 2.08. The lowest BCUT2D eigenvalue weighted by atomic mass is 10.1. The normalized spacial score (nSPS) is 15.1. The number of rotatable bonds is 0. The van der Waals surface area contributed by atoms with Crippen molar-refractivity contribution < 1.29 is 4.79 Å². The van der Waals surface area contributed by atoms with Crippen LogP contribution in [0.4, 0.5) is 5.69 Å². The standard InChI is InChI=1S/C9H9NO/c10-7-3-1-2-6-4-5-8(11)9(6)7/h1-3H,4-5,10H2. The van der Waals surface area contributed by atoms with Gasteiger partial charge in [0.15, 0.2) is 5.78 Å². The summed E-state index contributed by atoms with van der Waals surface area (Å²) < 4.78 is 0. The molecule has 0 saturated carbocycles. The van der Waals surface area contributed by atoms with E-state index in [0.29, 0.717) is 12.1 Å². The zero-order valence-electron chi connectivity index (χ0n) is 6.13. The summed E-state index contributed by atoms with van der Waals surface area (Å²) in [7, 11) is 0. The maximum atomic E-state index is 11.2. The molecule has 1 aliphatic carbocycles. The van der Waals surface area contributed by atoms with Gasteiger partial charge in [0.1, 0.15) is 0 Å². The molecule has 0 saturated heterocycles. The van der Waals surface area contributed by atoms with Gasteiger partial charge in [-0.15, -0.1) is 0 Å². The Hall–Kier alpha value is -1.31. The molecule has 2 heteroatoms. The zero-order valence-corrected chi connectivity index (χ0v) is 6.13. The van der Waals surface area contributed by atoms with Gasteiger partial charge in [0.2, 0.25) is 0 Å². The van der Waals surface area contributed by atoms with Gasteiger partial charge in [0, 0.05) is 17.7 Å². The first-order chi connectivity index (χ1) is 5.29. The highest BCUT2D eigenvalue weighted by Crippen LogP contribution is 2.26. The molecule has 0 amide bonds. The Bertz CT molecular complexity index is 317. The van der Waals surface area contributed by atoms with Gasteiger partial charge in [-0.25, -0.2) is 0 Å². The van der Waals surface area contributed by atoms with Gasteiger partial charge in [0.25, 0.3) is 0 Å². The van der Waals surface area contributed by atoms with Crippen LogP contribution in [0.2, 0.25) is 0 Å². The lowest BCUT2D eigenvalue weighted by molar-refractivity contribution is 0.0995. The largest absolute Gasteiger partial charge is 0.398 e. The molecule has 1 aromatic rings. The maximum Gasteiger partial charge on any atom is 0.165 e. The number of carbonyl (C=O) groups excluding carboxylic acids is 1. The van der Waals surface area contributed by atoms with E-state index in [0.717, 1.165) is 17.5 Å². The fourth-order valence-corrected chi connectivity index (χ4v) is 1.54. The molecule has 0 radical (unpaired) electrons. The maximum absolute atomic E-state index is 11.2. The van der Waals surface area contributed by atoms with Crippen LogP contribution in [-0.4, -0.2) is 5.78 Å². The predicted octanol–water partition coefficient (Wildman–Crippen LogP) is 1.40. The third-order valence-corrected chi connectivity index (χ3v) is 2.08. The average Bonchev–Trinajstić information content (AvgIpc) is 2.34. The smallest absolute Gasteiger partial charge is 0.165 e. The molecule has 11 heavy (non-hydrogen) atoms. The summed E-state index contributed by atoms with van der Waals surface area (Å²) in [5, 5.41) is 0. The monoisotopic (exact) mass is 147 g/mol. The molecular formula is C9H9NO. The first kappa shape index (κ1) is 6.40. The summed E-state index contributed by atoms with van der Waals surface area (Å²) in [5.74, 6) is 0.193. The summed E-state index contributed by atoms with van der Waals surface area (Å²) >= 11 is 0. The minimum absolute atomic E-state index is 0.193. The van der Waals surface area contributed by atoms with E-state index in [1.165, 1.54) is 0 Å². The fourth-order valence-electron chi connectivity index (χ4n) is 1.54. The number of nitrogen functional groups attached to an aromatic ring is 1. The quantitative estimate of drug-likeness (QED) is 0.563. The Morgan fingerprint density at radius 3 is 2.82 bits per heavy atom. The molecule has 0 aliphatic heterocycles. The highest BCUT2D eigenvalue weighted by molar-refractivity contribution is 6.04. The Morgan fingerprint density at radius 1 is 1.27 bits per heavy atom. The highest BCUT2D eigenvalue weighted by Gasteiger charge is 2.20. The molecule has 0 aromatic heterocycles. The summed E-state index contributed by atoms with van der Waals surface area (Å²) in [5.41, 5.74) is 8.13. The first-order valence-electron chi connectivity index (χ1n) is 3.69. The van der Waals surface area contributed by atoms with Crippen LogP contribution < -0.4 is 5.73 Å². The van der Waals surface area contributed by atoms with Crippen molar-refractivity contribution in [2.24, 2.45) is 0 Å². The Morgan fingerprint density at radius 2 is 2.09 bits per heavy atom. The second kappa shape index (κ2) is 2.09. The second-order valence-corrected chi connectivity index (χ2v) is 2.80. The lowest BCUT2D eigenvalue weighted by Gasteiger charge is -1.99. The van der Waals surface area contributed by atoms with E-state index < -0.39 is 0 Å². The Balaban J connectivity index is 2.68. The molecule has 1 aromatic carbocycles. The molecule has 0 bridgehead atoms. The van der Waals surface area contributed by atoms with E-state index in [9.17, 15) is 4.79 Å². The van der Waals surface area contributed by atoms with Crippen molar-refractivity contribution in [2.45, 2.75) is 12.8 Å². The number of anilines is 1. The topological polar surface area (TPSA) is 43.1 Å². The summed E-state index contributed by atoms with van der Waals surface area (Å²) in [6.45, 7) is 0. The zero-order chi connectivity index (χ0) is 7.84. The number of ketones is 1. The molecule has 2 rings (SSSR count). The number of hydrogen-bond acceptors (Lipinski definition) is 2. The fraction of sp³-hybridized carbons (Fsp3) is 0.222. The SMILES string of the molecule is Nc1cccc2c1C(=O)CC2. The molecule has 0 unspecified atom stereocenters. The minimum Gasteiger partial charge on any atom is -0.398 e. The number of nitrogens with two attached hydrogens (primary N) is 1. The molecule has 2 N–H and O–H groups in total. The van der Waals surface area contributed by atoms with Crippen molar-refractivity contribution in [3.05, 3.63) is 29.3 Å². The van der Waals surface area contributed by atoms with Gasteiger partial charge in [-0.05, 0) is 18.1 Å². The molecule has 0 spiro atoms. The van der Waals surface area contributed by atoms with Crippen LogP contribution in [-0.2, 0) is 6.42 Å². The third kappa shape index (κ3) is 0.827. The van der Waals surface area contributed by atoms with Gasteiger partial charge in [-0.3, -0.25) is 4.79 Å². The number of Topliss-reactive ketones (excluding diaryl/α,β-unsaturated/α-hetero) is 1. The van der Waals surface area contributed by atoms with Crippen molar-refractivity contribution in [2.75, 3.05) is 5.73 Å². The molecule has 0 fully saturated rings. The molecule has 56 valence electrons. The molecule has 1 aliphatic rings. The van der Waals surface area contributed by atoms with Gasteiger partial charge in [0.05, 0.1) is 0 Å². The Labute approximate surface area is 65.0 Å². The van der Waals surface area contributed by atoms with Crippen molar-refractivity contribution in [1.29, 1.82) is 0 Å². The minimum atomic E-state index is 0.193. The molecule has 0 atom stereocenters. The van der Waals surface area contributed by atoms with Crippen LogP contribution in [0.1, 0.15) is 22.3 Å². The predicted molar refractivity (Wildman–Crippen MR) is 43.5 cm³/mol. The summed E-state index contributed by atoms with van der Waals surface area (Å²) in [6.07, 6.45) is 1.49.